The molecule has 0 amide bonds. The Morgan fingerprint density at radius 1 is 1.23 bits per heavy atom. The molecule has 0 unspecified atom stereocenters. The molecule has 2 heterocycles. The number of morpholine rings is 1. The summed E-state index contributed by atoms with van der Waals surface area (Å²) in [5, 5.41) is 0.636. The number of carbonyl (C=O) groups excluding carboxylic acids is 1. The van der Waals surface area contributed by atoms with Gasteiger partial charge >= 0.3 is 0 Å². The Bertz CT molecular complexity index is 1110. The van der Waals surface area contributed by atoms with Crippen molar-refractivity contribution in [3.8, 4) is 17.0 Å². The lowest BCUT2D eigenvalue weighted by Crippen LogP contribution is -2.38. The topological polar surface area (TPSA) is 73.4 Å². The maximum atomic E-state index is 11.6. The second-order valence-corrected chi connectivity index (χ2v) is 8.84. The molecule has 1 saturated heterocycles. The minimum absolute atomic E-state index is 0.163. The number of pyridine rings is 1. The summed E-state index contributed by atoms with van der Waals surface area (Å²) in [6, 6.07) is 9.05. The number of halogens is 1. The van der Waals surface area contributed by atoms with E-state index in [1.165, 1.54) is 6.20 Å². The zero-order chi connectivity index (χ0) is 28.6. The van der Waals surface area contributed by atoms with Crippen LogP contribution in [-0.2, 0) is 14.2 Å². The number of rotatable bonds is 13. The van der Waals surface area contributed by atoms with Crippen molar-refractivity contribution in [2.45, 2.75) is 20.8 Å². The number of methoxy groups -OCH3 is 1. The molecule has 1 aromatic heterocycles. The molecule has 1 fully saturated rings. The quantitative estimate of drug-likeness (QED) is 0.132. The van der Waals surface area contributed by atoms with Gasteiger partial charge in [0.15, 0.2) is 18.8 Å². The Balaban J connectivity index is 0.00000260. The number of likely N-dealkylation sites (N-methyl/N-ethyl adjacent to an activating group) is 1. The monoisotopic (exact) mass is 557 g/mol. The number of aromatic nitrogens is 1. The van der Waals surface area contributed by atoms with Crippen LogP contribution in [0.1, 0.15) is 31.1 Å². The molecule has 1 aliphatic heterocycles. The van der Waals surface area contributed by atoms with E-state index in [1.54, 1.807) is 31.4 Å². The minimum atomic E-state index is 0.163. The summed E-state index contributed by atoms with van der Waals surface area (Å²) >= 11 is 5.99. The average Bonchev–Trinajstić information content (AvgIpc) is 2.98. The predicted octanol–water partition coefficient (Wildman–Crippen LogP) is 5.81. The van der Waals surface area contributed by atoms with Crippen LogP contribution in [0.25, 0.3) is 11.3 Å². The lowest BCUT2D eigenvalue weighted by molar-refractivity contribution is 0.0268. The predicted molar refractivity (Wildman–Crippen MR) is 156 cm³/mol. The van der Waals surface area contributed by atoms with Gasteiger partial charge in [-0.25, -0.2) is 0 Å². The van der Waals surface area contributed by atoms with Gasteiger partial charge in [0.25, 0.3) is 0 Å². The third-order valence-corrected chi connectivity index (χ3v) is 6.15. The molecule has 0 bridgehead atoms. The van der Waals surface area contributed by atoms with Gasteiger partial charge < -0.3 is 23.8 Å². The Hall–Kier alpha value is -3.33. The van der Waals surface area contributed by atoms with Crippen LogP contribution in [0.5, 0.6) is 5.75 Å². The molecule has 3 rings (SSSR count). The van der Waals surface area contributed by atoms with Gasteiger partial charge in [0.05, 0.1) is 31.6 Å². The molecule has 0 N–H and O–H groups in total. The number of hydrogen-bond donors (Lipinski definition) is 0. The smallest absolute Gasteiger partial charge is 0.161 e. The molecule has 0 aliphatic carbocycles. The summed E-state index contributed by atoms with van der Waals surface area (Å²) in [7, 11) is 3.46. The van der Waals surface area contributed by atoms with Crippen LogP contribution in [0, 0.1) is 0 Å². The Labute approximate surface area is 237 Å². The second-order valence-electron chi connectivity index (χ2n) is 8.40. The molecule has 0 radical (unpaired) electrons. The van der Waals surface area contributed by atoms with Gasteiger partial charge in [-0.3, -0.25) is 14.7 Å². The Morgan fingerprint density at radius 3 is 2.54 bits per heavy atom. The van der Waals surface area contributed by atoms with E-state index in [9.17, 15) is 4.79 Å². The third-order valence-electron chi connectivity index (χ3n) is 5.90. The summed E-state index contributed by atoms with van der Waals surface area (Å²) in [5.41, 5.74) is 2.66. The summed E-state index contributed by atoms with van der Waals surface area (Å²) in [6.45, 7) is 14.7. The molecule has 212 valence electrons. The third kappa shape index (κ3) is 10.1. The molecule has 2 aromatic rings. The van der Waals surface area contributed by atoms with Crippen LogP contribution < -0.4 is 4.74 Å². The summed E-state index contributed by atoms with van der Waals surface area (Å²) in [6.07, 6.45) is 5.77. The van der Waals surface area contributed by atoms with Gasteiger partial charge in [0.2, 0.25) is 0 Å². The van der Waals surface area contributed by atoms with Gasteiger partial charge in [0, 0.05) is 61.3 Å². The van der Waals surface area contributed by atoms with Crippen LogP contribution in [0.3, 0.4) is 0 Å². The molecule has 1 aliphatic rings. The SMILES string of the molecule is C=C/C(=C\C(OC)=C(/C)OCCN1CCOCC1)N(C)COc1cc(-c2ccc(Cl)cc2)ncc1C=O.CC. The molecule has 0 saturated carbocycles. The van der Waals surface area contributed by atoms with Crippen LogP contribution in [-0.4, -0.2) is 81.4 Å². The van der Waals surface area contributed by atoms with E-state index in [2.05, 4.69) is 16.5 Å². The van der Waals surface area contributed by atoms with Crippen molar-refractivity contribution in [2.75, 3.05) is 60.3 Å². The minimum Gasteiger partial charge on any atom is -0.493 e. The van der Waals surface area contributed by atoms with E-state index < -0.39 is 0 Å². The van der Waals surface area contributed by atoms with Gasteiger partial charge in [-0.2, -0.15) is 0 Å². The van der Waals surface area contributed by atoms with E-state index in [1.807, 2.05) is 50.9 Å². The molecule has 39 heavy (non-hydrogen) atoms. The lowest BCUT2D eigenvalue weighted by Gasteiger charge is -2.26. The van der Waals surface area contributed by atoms with Crippen LogP contribution >= 0.6 is 11.6 Å². The standard InChI is InChI=1S/C28H34ClN3O5.C2H6/c1-5-25(16-27(34-4)21(2)36-15-12-32-10-13-35-14-11-32)31(3)20-37-28-17-26(30-18-23(28)19-33)22-6-8-24(29)9-7-22;1-2/h5-9,16-19H,1,10-15,20H2,2-4H3;1-2H3/b25-16+,27-21-;. The van der Waals surface area contributed by atoms with Gasteiger partial charge in [-0.15, -0.1) is 0 Å². The van der Waals surface area contributed by atoms with Crippen molar-refractivity contribution < 1.29 is 23.7 Å². The van der Waals surface area contributed by atoms with E-state index in [-0.39, 0.29) is 6.73 Å². The molecule has 0 atom stereocenters. The number of benzene rings is 1. The normalized spacial score (nSPS) is 14.4. The summed E-state index contributed by atoms with van der Waals surface area (Å²) in [5.74, 6) is 1.69. The number of hydrogen-bond acceptors (Lipinski definition) is 8. The molecule has 1 aromatic carbocycles. The second kappa shape index (κ2) is 17.3. The Morgan fingerprint density at radius 2 is 1.92 bits per heavy atom. The fourth-order valence-corrected chi connectivity index (χ4v) is 3.79. The number of ether oxygens (including phenoxy) is 4. The van der Waals surface area contributed by atoms with E-state index in [0.29, 0.717) is 40.2 Å². The number of allylic oxidation sites excluding steroid dienone is 3. The van der Waals surface area contributed by atoms with Crippen molar-refractivity contribution >= 4 is 17.9 Å². The maximum Gasteiger partial charge on any atom is 0.161 e. The van der Waals surface area contributed by atoms with Crippen molar-refractivity contribution in [3.63, 3.8) is 0 Å². The van der Waals surface area contributed by atoms with E-state index in [4.69, 9.17) is 30.5 Å². The van der Waals surface area contributed by atoms with Gasteiger partial charge in [0.1, 0.15) is 18.1 Å². The van der Waals surface area contributed by atoms with E-state index in [0.717, 1.165) is 50.4 Å². The zero-order valence-corrected chi connectivity index (χ0v) is 24.4. The first kappa shape index (κ1) is 31.9. The first-order valence-corrected chi connectivity index (χ1v) is 13.4. The highest BCUT2D eigenvalue weighted by Crippen LogP contribution is 2.26. The van der Waals surface area contributed by atoms with Crippen LogP contribution in [0.15, 0.2) is 72.5 Å². The van der Waals surface area contributed by atoms with Gasteiger partial charge in [-0.05, 0) is 25.1 Å². The van der Waals surface area contributed by atoms with Crippen LogP contribution in [0.4, 0.5) is 0 Å². The zero-order valence-electron chi connectivity index (χ0n) is 23.6. The highest BCUT2D eigenvalue weighted by Gasteiger charge is 2.13. The summed E-state index contributed by atoms with van der Waals surface area (Å²) in [4.78, 5) is 20.1. The van der Waals surface area contributed by atoms with Crippen molar-refractivity contribution in [1.29, 1.82) is 0 Å². The highest BCUT2D eigenvalue weighted by atomic mass is 35.5. The highest BCUT2D eigenvalue weighted by molar-refractivity contribution is 6.30. The lowest BCUT2D eigenvalue weighted by atomic mass is 10.1. The summed E-state index contributed by atoms with van der Waals surface area (Å²) < 4.78 is 22.9. The van der Waals surface area contributed by atoms with Crippen molar-refractivity contribution in [2.24, 2.45) is 0 Å². The molecular weight excluding hydrogens is 518 g/mol. The largest absolute Gasteiger partial charge is 0.493 e. The number of aldehydes is 1. The first-order chi connectivity index (χ1) is 18.9. The molecular formula is C30H40ClN3O5. The van der Waals surface area contributed by atoms with Gasteiger partial charge in [-0.1, -0.05) is 44.2 Å². The van der Waals surface area contributed by atoms with Crippen molar-refractivity contribution in [3.05, 3.63) is 83.1 Å². The van der Waals surface area contributed by atoms with Crippen LogP contribution in [0.2, 0.25) is 5.02 Å². The average molecular weight is 558 g/mol. The Kier molecular flexibility index (Phi) is 14.1. The number of nitrogens with zero attached hydrogens (tertiary/aromatic N) is 3. The van der Waals surface area contributed by atoms with E-state index >= 15 is 0 Å². The molecule has 0 spiro atoms. The maximum absolute atomic E-state index is 11.6. The molecule has 9 heteroatoms. The fraction of sp³-hybridized carbons (Fsp3) is 0.400. The fourth-order valence-electron chi connectivity index (χ4n) is 3.67. The first-order valence-electron chi connectivity index (χ1n) is 13.0. The van der Waals surface area contributed by atoms with Crippen molar-refractivity contribution in [1.82, 2.24) is 14.8 Å². The number of carbonyl (C=O) groups is 1. The molecule has 8 nitrogen and oxygen atoms in total.